The molecule has 2 aromatic rings. The van der Waals surface area contributed by atoms with Gasteiger partial charge in [0.05, 0.1) is 5.56 Å². The fourth-order valence-corrected chi connectivity index (χ4v) is 1.40. The summed E-state index contributed by atoms with van der Waals surface area (Å²) in [6, 6.07) is 1.81. The van der Waals surface area contributed by atoms with Crippen molar-refractivity contribution >= 4 is 11.9 Å². The van der Waals surface area contributed by atoms with E-state index >= 15 is 0 Å². The third kappa shape index (κ3) is 2.34. The van der Waals surface area contributed by atoms with Crippen molar-refractivity contribution in [2.45, 2.75) is 13.8 Å². The van der Waals surface area contributed by atoms with Gasteiger partial charge in [0.25, 0.3) is 5.91 Å². The molecule has 0 fully saturated rings. The molecule has 0 atom stereocenters. The first kappa shape index (κ1) is 12.2. The van der Waals surface area contributed by atoms with Crippen molar-refractivity contribution in [2.75, 3.05) is 5.32 Å². The van der Waals surface area contributed by atoms with Gasteiger partial charge >= 0.3 is 0 Å². The molecule has 0 aliphatic heterocycles. The number of carbonyl (C=O) groups is 1. The van der Waals surface area contributed by atoms with Crippen LogP contribution >= 0.6 is 0 Å². The average Bonchev–Trinajstić information content (AvgIpc) is 2.69. The summed E-state index contributed by atoms with van der Waals surface area (Å²) in [6.45, 7) is 3.10. The highest BCUT2D eigenvalue weighted by Crippen LogP contribution is 2.15. The molecule has 0 bridgehead atoms. The summed E-state index contributed by atoms with van der Waals surface area (Å²) in [5, 5.41) is 8.53. The highest BCUT2D eigenvalue weighted by molar-refractivity contribution is 6.03. The van der Waals surface area contributed by atoms with Crippen LogP contribution in [0.15, 0.2) is 12.1 Å². The number of nitrogens with one attached hydrogen (secondary N) is 2. The van der Waals surface area contributed by atoms with E-state index in [-0.39, 0.29) is 17.1 Å². The Balaban J connectivity index is 2.26. The molecule has 1 amide bonds. The Morgan fingerprint density at radius 1 is 1.28 bits per heavy atom. The summed E-state index contributed by atoms with van der Waals surface area (Å²) < 4.78 is 26.5. The lowest BCUT2D eigenvalue weighted by Crippen LogP contribution is -2.15. The first-order valence-corrected chi connectivity index (χ1v) is 5.13. The Morgan fingerprint density at radius 2 is 2.00 bits per heavy atom. The number of nitrogens with zero attached hydrogens (tertiary/aromatic N) is 2. The number of halogens is 2. The molecule has 1 aromatic heterocycles. The number of H-pyrrole nitrogens is 1. The van der Waals surface area contributed by atoms with Gasteiger partial charge in [0.15, 0.2) is 0 Å². The van der Waals surface area contributed by atoms with E-state index in [1.807, 2.05) is 0 Å². The summed E-state index contributed by atoms with van der Waals surface area (Å²) in [5.74, 6) is -1.80. The number of aromatic nitrogens is 3. The van der Waals surface area contributed by atoms with Gasteiger partial charge in [0.1, 0.15) is 17.5 Å². The van der Waals surface area contributed by atoms with Crippen LogP contribution in [0.2, 0.25) is 0 Å². The molecule has 5 nitrogen and oxygen atoms in total. The normalized spacial score (nSPS) is 10.4. The molecule has 94 valence electrons. The second kappa shape index (κ2) is 4.52. The Hall–Kier alpha value is -2.31. The first-order valence-electron chi connectivity index (χ1n) is 5.13. The second-order valence-corrected chi connectivity index (χ2v) is 3.78. The van der Waals surface area contributed by atoms with Crippen LogP contribution in [0.4, 0.5) is 14.7 Å². The molecular weight excluding hydrogens is 242 g/mol. The van der Waals surface area contributed by atoms with Crippen LogP contribution in [0.25, 0.3) is 0 Å². The molecule has 0 saturated carbocycles. The van der Waals surface area contributed by atoms with Crippen molar-refractivity contribution in [3.05, 3.63) is 40.7 Å². The average molecular weight is 252 g/mol. The van der Waals surface area contributed by atoms with Crippen LogP contribution in [-0.2, 0) is 0 Å². The molecule has 0 saturated heterocycles. The van der Waals surface area contributed by atoms with E-state index in [0.717, 1.165) is 6.07 Å². The molecule has 2 N–H and O–H groups in total. The number of rotatable bonds is 2. The minimum atomic E-state index is -0.928. The van der Waals surface area contributed by atoms with Crippen molar-refractivity contribution < 1.29 is 13.6 Å². The van der Waals surface area contributed by atoms with Crippen LogP contribution in [0.5, 0.6) is 0 Å². The van der Waals surface area contributed by atoms with Gasteiger partial charge in [-0.25, -0.2) is 8.78 Å². The maximum Gasteiger partial charge on any atom is 0.261 e. The molecular formula is C11H10F2N4O. The molecule has 1 aromatic carbocycles. The van der Waals surface area contributed by atoms with Gasteiger partial charge in [-0.3, -0.25) is 15.2 Å². The fourth-order valence-electron chi connectivity index (χ4n) is 1.40. The zero-order valence-electron chi connectivity index (χ0n) is 9.71. The summed E-state index contributed by atoms with van der Waals surface area (Å²) in [7, 11) is 0. The van der Waals surface area contributed by atoms with Crippen molar-refractivity contribution in [1.29, 1.82) is 0 Å². The van der Waals surface area contributed by atoms with Crippen molar-refractivity contribution in [3.8, 4) is 0 Å². The number of benzene rings is 1. The largest absolute Gasteiger partial charge is 0.289 e. The number of amides is 1. The third-order valence-corrected chi connectivity index (χ3v) is 2.32. The lowest BCUT2D eigenvalue weighted by Gasteiger charge is -2.04. The number of hydrogen-bond donors (Lipinski definition) is 2. The fraction of sp³-hybridized carbons (Fsp3) is 0.182. The minimum absolute atomic E-state index is 0.0406. The molecule has 0 radical (unpaired) electrons. The number of aryl methyl sites for hydroxylation is 2. The Labute approximate surface area is 101 Å². The van der Waals surface area contributed by atoms with Gasteiger partial charge in [-0.05, 0) is 25.5 Å². The standard InChI is InChI=1S/C11H10F2N4O/c1-5-3-7(9(13)4-8(5)12)10(18)15-11-14-6(2)16-17-11/h3-4H,1-2H3,(H2,14,15,16,17,18). The van der Waals surface area contributed by atoms with Crippen LogP contribution in [-0.4, -0.2) is 21.1 Å². The van der Waals surface area contributed by atoms with Crippen LogP contribution in [0.1, 0.15) is 21.7 Å². The lowest BCUT2D eigenvalue weighted by atomic mass is 10.1. The van der Waals surface area contributed by atoms with E-state index in [2.05, 4.69) is 20.5 Å². The SMILES string of the molecule is Cc1nc(NC(=O)c2cc(C)c(F)cc2F)n[nH]1. The second-order valence-electron chi connectivity index (χ2n) is 3.78. The smallest absolute Gasteiger partial charge is 0.261 e. The molecule has 2 rings (SSSR count). The predicted octanol–water partition coefficient (Wildman–Crippen LogP) is 1.95. The highest BCUT2D eigenvalue weighted by Gasteiger charge is 2.16. The van der Waals surface area contributed by atoms with Crippen LogP contribution in [0, 0.1) is 25.5 Å². The van der Waals surface area contributed by atoms with E-state index in [9.17, 15) is 13.6 Å². The Morgan fingerprint density at radius 3 is 2.61 bits per heavy atom. The predicted molar refractivity (Wildman–Crippen MR) is 60.2 cm³/mol. The van der Waals surface area contributed by atoms with Gasteiger partial charge in [0.2, 0.25) is 5.95 Å². The van der Waals surface area contributed by atoms with E-state index in [1.165, 1.54) is 6.92 Å². The Bertz CT molecular complexity index is 609. The van der Waals surface area contributed by atoms with E-state index < -0.39 is 17.5 Å². The molecule has 0 aliphatic rings. The van der Waals surface area contributed by atoms with Gasteiger partial charge in [-0.1, -0.05) is 0 Å². The number of anilines is 1. The molecule has 18 heavy (non-hydrogen) atoms. The highest BCUT2D eigenvalue weighted by atomic mass is 19.1. The van der Waals surface area contributed by atoms with Crippen LogP contribution < -0.4 is 5.32 Å². The van der Waals surface area contributed by atoms with Crippen molar-refractivity contribution in [2.24, 2.45) is 0 Å². The zero-order valence-corrected chi connectivity index (χ0v) is 9.71. The van der Waals surface area contributed by atoms with Gasteiger partial charge in [-0.2, -0.15) is 4.98 Å². The molecule has 0 spiro atoms. The topological polar surface area (TPSA) is 70.7 Å². The molecule has 1 heterocycles. The maximum absolute atomic E-state index is 13.4. The van der Waals surface area contributed by atoms with E-state index in [4.69, 9.17) is 0 Å². The summed E-state index contributed by atoms with van der Waals surface area (Å²) in [5.41, 5.74) is -0.0657. The lowest BCUT2D eigenvalue weighted by molar-refractivity contribution is 0.102. The molecule has 0 aliphatic carbocycles. The third-order valence-electron chi connectivity index (χ3n) is 2.32. The van der Waals surface area contributed by atoms with E-state index in [1.54, 1.807) is 6.92 Å². The summed E-state index contributed by atoms with van der Waals surface area (Å²) in [6.07, 6.45) is 0. The van der Waals surface area contributed by atoms with Gasteiger partial charge in [0, 0.05) is 6.07 Å². The number of hydrogen-bond acceptors (Lipinski definition) is 3. The Kier molecular flexibility index (Phi) is 3.05. The molecule has 7 heteroatoms. The number of carbonyl (C=O) groups excluding carboxylic acids is 1. The quantitative estimate of drug-likeness (QED) is 0.858. The zero-order chi connectivity index (χ0) is 13.3. The van der Waals surface area contributed by atoms with E-state index in [0.29, 0.717) is 11.9 Å². The summed E-state index contributed by atoms with van der Waals surface area (Å²) >= 11 is 0. The van der Waals surface area contributed by atoms with Gasteiger partial charge in [-0.15, -0.1) is 5.10 Å². The maximum atomic E-state index is 13.4. The molecule has 0 unspecified atom stereocenters. The minimum Gasteiger partial charge on any atom is -0.289 e. The number of aromatic amines is 1. The monoisotopic (exact) mass is 252 g/mol. The summed E-state index contributed by atoms with van der Waals surface area (Å²) in [4.78, 5) is 15.6. The van der Waals surface area contributed by atoms with Gasteiger partial charge < -0.3 is 0 Å². The van der Waals surface area contributed by atoms with Crippen molar-refractivity contribution in [3.63, 3.8) is 0 Å². The van der Waals surface area contributed by atoms with Crippen molar-refractivity contribution in [1.82, 2.24) is 15.2 Å². The first-order chi connectivity index (χ1) is 8.47. The van der Waals surface area contributed by atoms with Crippen LogP contribution in [0.3, 0.4) is 0 Å².